The van der Waals surface area contributed by atoms with Crippen LogP contribution in [0.5, 0.6) is 0 Å². The molecule has 0 spiro atoms. The molecule has 0 aliphatic heterocycles. The Kier molecular flexibility index (Phi) is 15.4. The van der Waals surface area contributed by atoms with Gasteiger partial charge in [0.25, 0.3) is 0 Å². The van der Waals surface area contributed by atoms with Crippen molar-refractivity contribution in [1.82, 2.24) is 0 Å². The molecule has 0 radical (unpaired) electrons. The van der Waals surface area contributed by atoms with Gasteiger partial charge >= 0.3 is 11.9 Å². The number of ether oxygens (including phenoxy) is 5. The molecule has 0 atom stereocenters. The van der Waals surface area contributed by atoms with E-state index in [9.17, 15) is 9.59 Å². The number of hydrogen-bond acceptors (Lipinski definition) is 7. The highest BCUT2D eigenvalue weighted by Gasteiger charge is 1.97. The van der Waals surface area contributed by atoms with Crippen molar-refractivity contribution in [2.24, 2.45) is 0 Å². The van der Waals surface area contributed by atoms with Crippen LogP contribution in [0.2, 0.25) is 0 Å². The van der Waals surface area contributed by atoms with Gasteiger partial charge in [0.05, 0.1) is 39.6 Å². The van der Waals surface area contributed by atoms with Crippen molar-refractivity contribution in [2.45, 2.75) is 12.8 Å². The van der Waals surface area contributed by atoms with Crippen LogP contribution in [0.4, 0.5) is 0 Å². The average Bonchev–Trinajstić information content (AvgIpc) is 2.57. The molecule has 0 aromatic carbocycles. The molecule has 0 bridgehead atoms. The van der Waals surface area contributed by atoms with E-state index < -0.39 is 11.9 Å². The zero-order chi connectivity index (χ0) is 17.2. The summed E-state index contributed by atoms with van der Waals surface area (Å²) in [7, 11) is 0. The van der Waals surface area contributed by atoms with Gasteiger partial charge in [0, 0.05) is 38.2 Å². The van der Waals surface area contributed by atoms with E-state index in [-0.39, 0.29) is 0 Å². The Morgan fingerprint density at radius 2 is 0.957 bits per heavy atom. The van der Waals surface area contributed by atoms with Crippen LogP contribution in [-0.4, -0.2) is 64.8 Å². The predicted molar refractivity (Wildman–Crippen MR) is 84.0 cm³/mol. The summed E-state index contributed by atoms with van der Waals surface area (Å²) in [4.78, 5) is 21.5. The first-order chi connectivity index (χ1) is 11.2. The van der Waals surface area contributed by atoms with E-state index in [2.05, 4.69) is 13.2 Å². The molecule has 0 aromatic heterocycles. The van der Waals surface area contributed by atoms with E-state index in [4.69, 9.17) is 23.7 Å². The zero-order valence-electron chi connectivity index (χ0n) is 13.5. The van der Waals surface area contributed by atoms with Gasteiger partial charge < -0.3 is 23.7 Å². The largest absolute Gasteiger partial charge is 0.462 e. The molecule has 7 heteroatoms. The zero-order valence-corrected chi connectivity index (χ0v) is 13.5. The van der Waals surface area contributed by atoms with E-state index in [1.54, 1.807) is 0 Å². The fourth-order valence-electron chi connectivity index (χ4n) is 1.33. The maximum Gasteiger partial charge on any atom is 0.330 e. The van der Waals surface area contributed by atoms with Crippen LogP contribution < -0.4 is 0 Å². The molecule has 7 nitrogen and oxygen atoms in total. The summed E-state index contributed by atoms with van der Waals surface area (Å²) >= 11 is 0. The number of hydrogen-bond donors (Lipinski definition) is 0. The van der Waals surface area contributed by atoms with Crippen LogP contribution in [0.25, 0.3) is 0 Å². The smallest absolute Gasteiger partial charge is 0.330 e. The highest BCUT2D eigenvalue weighted by atomic mass is 16.6. The number of carbonyl (C=O) groups excluding carboxylic acids is 2. The molecular weight excluding hydrogens is 304 g/mol. The van der Waals surface area contributed by atoms with Gasteiger partial charge in [-0.2, -0.15) is 0 Å². The Morgan fingerprint density at radius 1 is 0.609 bits per heavy atom. The molecule has 0 aliphatic rings. The van der Waals surface area contributed by atoms with Crippen LogP contribution in [0.15, 0.2) is 25.3 Å². The van der Waals surface area contributed by atoms with E-state index in [0.29, 0.717) is 65.7 Å². The second kappa shape index (κ2) is 16.7. The lowest BCUT2D eigenvalue weighted by Crippen LogP contribution is -2.12. The van der Waals surface area contributed by atoms with Gasteiger partial charge in [0.15, 0.2) is 0 Å². The SMILES string of the molecule is C=CC(=O)OCCCOCCOCCOCCCOC(=O)C=C. The van der Waals surface area contributed by atoms with Gasteiger partial charge in [-0.25, -0.2) is 9.59 Å². The molecule has 0 unspecified atom stereocenters. The maximum absolute atomic E-state index is 10.7. The third kappa shape index (κ3) is 16.5. The molecule has 0 saturated heterocycles. The Hall–Kier alpha value is -1.70. The van der Waals surface area contributed by atoms with Crippen molar-refractivity contribution < 1.29 is 33.3 Å². The molecule has 0 amide bonds. The van der Waals surface area contributed by atoms with Gasteiger partial charge in [-0.1, -0.05) is 13.2 Å². The maximum atomic E-state index is 10.7. The number of rotatable bonds is 16. The summed E-state index contributed by atoms with van der Waals surface area (Å²) in [6.45, 7) is 10.2. The van der Waals surface area contributed by atoms with Crippen molar-refractivity contribution in [1.29, 1.82) is 0 Å². The summed E-state index contributed by atoms with van der Waals surface area (Å²) in [5.41, 5.74) is 0. The van der Waals surface area contributed by atoms with Crippen molar-refractivity contribution in [3.05, 3.63) is 25.3 Å². The molecule has 0 saturated carbocycles. The fourth-order valence-corrected chi connectivity index (χ4v) is 1.33. The van der Waals surface area contributed by atoms with Crippen LogP contribution in [0.3, 0.4) is 0 Å². The minimum absolute atomic E-state index is 0.321. The Balaban J connectivity index is 3.08. The second-order valence-electron chi connectivity index (χ2n) is 4.29. The van der Waals surface area contributed by atoms with Gasteiger partial charge in [-0.3, -0.25) is 0 Å². The van der Waals surface area contributed by atoms with Crippen LogP contribution in [-0.2, 0) is 33.3 Å². The molecule has 0 fully saturated rings. The lowest BCUT2D eigenvalue weighted by molar-refractivity contribution is -0.139. The molecule has 0 aliphatic carbocycles. The Labute approximate surface area is 137 Å². The first kappa shape index (κ1) is 21.3. The average molecular weight is 330 g/mol. The highest BCUT2D eigenvalue weighted by Crippen LogP contribution is 1.89. The second-order valence-corrected chi connectivity index (χ2v) is 4.29. The van der Waals surface area contributed by atoms with E-state index in [1.165, 1.54) is 0 Å². The van der Waals surface area contributed by atoms with E-state index in [1.807, 2.05) is 0 Å². The minimum atomic E-state index is -0.424. The summed E-state index contributed by atoms with van der Waals surface area (Å²) in [5.74, 6) is -0.848. The van der Waals surface area contributed by atoms with Gasteiger partial charge in [-0.05, 0) is 0 Å². The Morgan fingerprint density at radius 3 is 1.30 bits per heavy atom. The standard InChI is InChI=1S/C16H26O7/c1-3-15(17)22-9-5-7-19-11-13-21-14-12-20-8-6-10-23-16(18)4-2/h3-4H,1-2,5-14H2. The molecular formula is C16H26O7. The van der Waals surface area contributed by atoms with Crippen LogP contribution in [0, 0.1) is 0 Å². The first-order valence-electron chi connectivity index (χ1n) is 7.52. The quantitative estimate of drug-likeness (QED) is 0.239. The monoisotopic (exact) mass is 330 g/mol. The van der Waals surface area contributed by atoms with E-state index in [0.717, 1.165) is 12.2 Å². The molecule has 23 heavy (non-hydrogen) atoms. The fraction of sp³-hybridized carbons (Fsp3) is 0.625. The number of carbonyl (C=O) groups is 2. The third-order valence-electron chi connectivity index (χ3n) is 2.43. The van der Waals surface area contributed by atoms with Gasteiger partial charge in [-0.15, -0.1) is 0 Å². The predicted octanol–water partition coefficient (Wildman–Crippen LogP) is 1.27. The summed E-state index contributed by atoms with van der Waals surface area (Å²) in [6, 6.07) is 0. The van der Waals surface area contributed by atoms with Crippen molar-refractivity contribution in [3.8, 4) is 0 Å². The number of esters is 2. The van der Waals surface area contributed by atoms with Gasteiger partial charge in [0.1, 0.15) is 0 Å². The Bertz CT molecular complexity index is 309. The molecule has 132 valence electrons. The summed E-state index contributed by atoms with van der Waals surface area (Å²) in [6.07, 6.45) is 3.54. The molecule has 0 heterocycles. The third-order valence-corrected chi connectivity index (χ3v) is 2.43. The normalized spacial score (nSPS) is 10.1. The first-order valence-corrected chi connectivity index (χ1v) is 7.52. The lowest BCUT2D eigenvalue weighted by Gasteiger charge is -2.07. The molecule has 0 rings (SSSR count). The highest BCUT2D eigenvalue weighted by molar-refractivity contribution is 5.81. The molecule has 0 N–H and O–H groups in total. The minimum Gasteiger partial charge on any atom is -0.462 e. The topological polar surface area (TPSA) is 80.3 Å². The summed E-state index contributed by atoms with van der Waals surface area (Å²) in [5, 5.41) is 0. The summed E-state index contributed by atoms with van der Waals surface area (Å²) < 4.78 is 25.5. The van der Waals surface area contributed by atoms with Crippen LogP contribution >= 0.6 is 0 Å². The van der Waals surface area contributed by atoms with Crippen molar-refractivity contribution in [3.63, 3.8) is 0 Å². The van der Waals surface area contributed by atoms with E-state index >= 15 is 0 Å². The van der Waals surface area contributed by atoms with Gasteiger partial charge in [0.2, 0.25) is 0 Å². The molecule has 0 aromatic rings. The van der Waals surface area contributed by atoms with Crippen LogP contribution in [0.1, 0.15) is 12.8 Å². The lowest BCUT2D eigenvalue weighted by atomic mass is 10.5. The van der Waals surface area contributed by atoms with Crippen molar-refractivity contribution in [2.75, 3.05) is 52.9 Å². The van der Waals surface area contributed by atoms with Crippen molar-refractivity contribution >= 4 is 11.9 Å².